The van der Waals surface area contributed by atoms with E-state index in [0.717, 1.165) is 30.9 Å². The van der Waals surface area contributed by atoms with E-state index >= 15 is 0 Å². The fourth-order valence-corrected chi connectivity index (χ4v) is 4.23. The van der Waals surface area contributed by atoms with Crippen molar-refractivity contribution < 1.29 is 4.79 Å². The number of amides is 1. The van der Waals surface area contributed by atoms with Crippen molar-refractivity contribution in [3.05, 3.63) is 88.5 Å². The van der Waals surface area contributed by atoms with E-state index in [-0.39, 0.29) is 5.57 Å². The van der Waals surface area contributed by atoms with Crippen LogP contribution in [0.5, 0.6) is 0 Å². The third-order valence-corrected chi connectivity index (χ3v) is 6.12. The molecule has 5 nitrogen and oxygen atoms in total. The lowest BCUT2D eigenvalue weighted by atomic mass is 10.2. The van der Waals surface area contributed by atoms with Crippen LogP contribution >= 0.6 is 27.3 Å². The number of thiazole rings is 1. The molecule has 31 heavy (non-hydrogen) atoms. The second kappa shape index (κ2) is 9.13. The highest BCUT2D eigenvalue weighted by atomic mass is 79.9. The van der Waals surface area contributed by atoms with Crippen molar-refractivity contribution in [2.45, 2.75) is 6.92 Å². The second-order valence-corrected chi connectivity index (χ2v) is 8.79. The van der Waals surface area contributed by atoms with Gasteiger partial charge in [0.1, 0.15) is 16.6 Å². The Balaban J connectivity index is 1.45. The average molecular weight is 489 g/mol. The van der Waals surface area contributed by atoms with Gasteiger partial charge in [-0.1, -0.05) is 22.0 Å². The summed E-state index contributed by atoms with van der Waals surface area (Å²) < 4.78 is 2.07. The second-order valence-electron chi connectivity index (χ2n) is 6.84. The summed E-state index contributed by atoms with van der Waals surface area (Å²) in [6.45, 7) is 2.07. The van der Waals surface area contributed by atoms with Crippen molar-refractivity contribution in [3.8, 4) is 16.6 Å². The number of benzene rings is 3. The van der Waals surface area contributed by atoms with Gasteiger partial charge in [-0.2, -0.15) is 5.26 Å². The van der Waals surface area contributed by atoms with Crippen molar-refractivity contribution >= 4 is 54.8 Å². The van der Waals surface area contributed by atoms with Crippen LogP contribution in [0.4, 0.5) is 11.4 Å². The van der Waals surface area contributed by atoms with E-state index in [2.05, 4.69) is 45.6 Å². The number of nitriles is 1. The Hall–Kier alpha value is -3.47. The quantitative estimate of drug-likeness (QED) is 0.248. The van der Waals surface area contributed by atoms with Gasteiger partial charge in [-0.05, 0) is 73.2 Å². The molecule has 0 aliphatic carbocycles. The molecule has 1 heterocycles. The number of carbonyl (C=O) groups is 1. The molecule has 152 valence electrons. The minimum Gasteiger partial charge on any atom is -0.360 e. The first-order valence-electron chi connectivity index (χ1n) is 9.43. The van der Waals surface area contributed by atoms with Gasteiger partial charge < -0.3 is 10.6 Å². The number of halogens is 1. The summed E-state index contributed by atoms with van der Waals surface area (Å²) in [6.07, 6.45) is 1.41. The number of rotatable bonds is 5. The van der Waals surface area contributed by atoms with Crippen LogP contribution in [0.1, 0.15) is 5.56 Å². The standard InChI is InChI=1S/C24H17BrN4OS/c1-15-2-11-21-22(12-15)31-24(29-21)16-3-7-19(8-4-16)27-14-17(13-26)23(30)28-20-9-5-18(25)6-10-20/h2-12,14,27H,1H3,(H,28,30)/b17-14-. The molecular formula is C24H17BrN4OS. The summed E-state index contributed by atoms with van der Waals surface area (Å²) in [7, 11) is 0. The van der Waals surface area contributed by atoms with Gasteiger partial charge in [-0.15, -0.1) is 11.3 Å². The zero-order valence-corrected chi connectivity index (χ0v) is 18.9. The molecule has 1 amide bonds. The molecule has 0 aliphatic rings. The van der Waals surface area contributed by atoms with Crippen LogP contribution < -0.4 is 10.6 Å². The van der Waals surface area contributed by atoms with E-state index < -0.39 is 5.91 Å². The summed E-state index contributed by atoms with van der Waals surface area (Å²) >= 11 is 5.00. The van der Waals surface area contributed by atoms with E-state index in [1.54, 1.807) is 23.5 Å². The lowest BCUT2D eigenvalue weighted by molar-refractivity contribution is -0.112. The summed E-state index contributed by atoms with van der Waals surface area (Å²) in [6, 6.07) is 23.0. The maximum atomic E-state index is 12.3. The number of hydrogen-bond donors (Lipinski definition) is 2. The topological polar surface area (TPSA) is 77.8 Å². The third-order valence-electron chi connectivity index (χ3n) is 4.53. The van der Waals surface area contributed by atoms with Crippen LogP contribution in [0.15, 0.2) is 83.0 Å². The first kappa shape index (κ1) is 20.8. The van der Waals surface area contributed by atoms with Crippen LogP contribution in [0.3, 0.4) is 0 Å². The van der Waals surface area contributed by atoms with Crippen LogP contribution in [0.2, 0.25) is 0 Å². The largest absolute Gasteiger partial charge is 0.360 e. The number of anilines is 2. The molecule has 3 aromatic carbocycles. The summed E-state index contributed by atoms with van der Waals surface area (Å²) in [4.78, 5) is 17.0. The van der Waals surface area contributed by atoms with Crippen molar-refractivity contribution in [1.29, 1.82) is 5.26 Å². The van der Waals surface area contributed by atoms with Crippen LogP contribution in [0.25, 0.3) is 20.8 Å². The summed E-state index contributed by atoms with van der Waals surface area (Å²) in [5, 5.41) is 16.0. The van der Waals surface area contributed by atoms with Gasteiger partial charge in [-0.25, -0.2) is 4.98 Å². The van der Waals surface area contributed by atoms with E-state index in [9.17, 15) is 10.1 Å². The Morgan fingerprint density at radius 3 is 2.48 bits per heavy atom. The van der Waals surface area contributed by atoms with Crippen molar-refractivity contribution in [2.24, 2.45) is 0 Å². The molecule has 0 atom stereocenters. The predicted molar refractivity (Wildman–Crippen MR) is 130 cm³/mol. The van der Waals surface area contributed by atoms with E-state index in [0.29, 0.717) is 5.69 Å². The molecule has 0 saturated carbocycles. The zero-order valence-electron chi connectivity index (χ0n) is 16.5. The van der Waals surface area contributed by atoms with E-state index in [4.69, 9.17) is 4.98 Å². The number of carbonyl (C=O) groups excluding carboxylic acids is 1. The monoisotopic (exact) mass is 488 g/mol. The lowest BCUT2D eigenvalue weighted by Gasteiger charge is -2.06. The number of fused-ring (bicyclic) bond motifs is 1. The minimum atomic E-state index is -0.473. The fraction of sp³-hybridized carbons (Fsp3) is 0.0417. The summed E-state index contributed by atoms with van der Waals surface area (Å²) in [5.41, 5.74) is 4.59. The highest BCUT2D eigenvalue weighted by Crippen LogP contribution is 2.31. The van der Waals surface area contributed by atoms with Crippen LogP contribution in [0, 0.1) is 18.3 Å². The molecule has 2 N–H and O–H groups in total. The van der Waals surface area contributed by atoms with Gasteiger partial charge in [0.25, 0.3) is 5.91 Å². The maximum Gasteiger partial charge on any atom is 0.267 e. The first-order valence-corrected chi connectivity index (χ1v) is 11.0. The SMILES string of the molecule is Cc1ccc2nc(-c3ccc(N/C=C(/C#N)C(=O)Nc4ccc(Br)cc4)cc3)sc2c1. The zero-order chi connectivity index (χ0) is 21.8. The molecule has 4 rings (SSSR count). The number of aromatic nitrogens is 1. The molecule has 0 radical (unpaired) electrons. The Bertz CT molecular complexity index is 1320. The third kappa shape index (κ3) is 5.00. The number of hydrogen-bond acceptors (Lipinski definition) is 5. The molecule has 7 heteroatoms. The first-order chi connectivity index (χ1) is 15.0. The molecule has 0 bridgehead atoms. The highest BCUT2D eigenvalue weighted by Gasteiger charge is 2.10. The number of aryl methyl sites for hydroxylation is 1. The number of nitrogens with one attached hydrogen (secondary N) is 2. The van der Waals surface area contributed by atoms with Crippen LogP contribution in [-0.4, -0.2) is 10.9 Å². The van der Waals surface area contributed by atoms with Gasteiger partial charge >= 0.3 is 0 Å². The van der Waals surface area contributed by atoms with E-state index in [1.807, 2.05) is 48.5 Å². The van der Waals surface area contributed by atoms with Crippen molar-refractivity contribution in [3.63, 3.8) is 0 Å². The molecule has 0 spiro atoms. The molecule has 1 aromatic heterocycles. The molecule has 4 aromatic rings. The van der Waals surface area contributed by atoms with Gasteiger partial charge in [-0.3, -0.25) is 4.79 Å². The maximum absolute atomic E-state index is 12.3. The Labute approximate surface area is 192 Å². The molecule has 0 saturated heterocycles. The molecular weight excluding hydrogens is 472 g/mol. The van der Waals surface area contributed by atoms with Gasteiger partial charge in [0.2, 0.25) is 0 Å². The minimum absolute atomic E-state index is 0.0199. The van der Waals surface area contributed by atoms with Gasteiger partial charge in [0.15, 0.2) is 0 Å². The molecule has 0 aliphatic heterocycles. The summed E-state index contributed by atoms with van der Waals surface area (Å²) in [5.74, 6) is -0.473. The van der Waals surface area contributed by atoms with E-state index in [1.165, 1.54) is 11.8 Å². The number of nitrogens with zero attached hydrogens (tertiary/aromatic N) is 2. The normalized spacial score (nSPS) is 11.2. The Kier molecular flexibility index (Phi) is 6.12. The highest BCUT2D eigenvalue weighted by molar-refractivity contribution is 9.10. The Morgan fingerprint density at radius 1 is 1.06 bits per heavy atom. The van der Waals surface area contributed by atoms with Gasteiger partial charge in [0.05, 0.1) is 10.2 Å². The smallest absolute Gasteiger partial charge is 0.267 e. The fourth-order valence-electron chi connectivity index (χ4n) is 2.90. The predicted octanol–water partition coefficient (Wildman–Crippen LogP) is 6.49. The van der Waals surface area contributed by atoms with Crippen LogP contribution in [-0.2, 0) is 4.79 Å². The molecule has 0 unspecified atom stereocenters. The van der Waals surface area contributed by atoms with Crippen molar-refractivity contribution in [2.75, 3.05) is 10.6 Å². The lowest BCUT2D eigenvalue weighted by Crippen LogP contribution is -2.14. The van der Waals surface area contributed by atoms with Gasteiger partial charge in [0, 0.05) is 27.6 Å². The Morgan fingerprint density at radius 2 is 1.77 bits per heavy atom. The average Bonchev–Trinajstić information content (AvgIpc) is 3.19. The van der Waals surface area contributed by atoms with Crippen molar-refractivity contribution in [1.82, 2.24) is 4.98 Å². The molecule has 0 fully saturated rings.